The molecule has 0 aliphatic heterocycles. The maximum Gasteiger partial charge on any atom is 0.0932 e. The summed E-state index contributed by atoms with van der Waals surface area (Å²) < 4.78 is 0. The van der Waals surface area contributed by atoms with Crippen molar-refractivity contribution in [2.75, 3.05) is 6.61 Å². The van der Waals surface area contributed by atoms with E-state index >= 15 is 0 Å². The maximum atomic E-state index is 5.29. The van der Waals surface area contributed by atoms with Crippen LogP contribution in [0.5, 0.6) is 0 Å². The molecular formula is C10H20O2. The van der Waals surface area contributed by atoms with Gasteiger partial charge in [-0.05, 0) is 25.2 Å². The van der Waals surface area contributed by atoms with Crippen LogP contribution in [0.15, 0.2) is 0 Å². The summed E-state index contributed by atoms with van der Waals surface area (Å²) in [5.74, 6) is 0.814. The van der Waals surface area contributed by atoms with Crippen LogP contribution in [0.2, 0.25) is 0 Å². The minimum Gasteiger partial charge on any atom is -0.236 e. The molecule has 2 atom stereocenters. The van der Waals surface area contributed by atoms with Crippen molar-refractivity contribution in [3.8, 4) is 0 Å². The Morgan fingerprint density at radius 1 is 1.33 bits per heavy atom. The molecule has 1 aliphatic rings. The molecule has 0 heterocycles. The second-order valence-electron chi connectivity index (χ2n) is 3.81. The van der Waals surface area contributed by atoms with E-state index in [2.05, 4.69) is 13.8 Å². The molecule has 72 valence electrons. The molecule has 0 spiro atoms. The van der Waals surface area contributed by atoms with Gasteiger partial charge in [-0.3, -0.25) is 0 Å². The minimum atomic E-state index is 0.361. The highest BCUT2D eigenvalue weighted by Crippen LogP contribution is 2.25. The number of rotatable bonds is 4. The van der Waals surface area contributed by atoms with E-state index in [4.69, 9.17) is 9.78 Å². The Labute approximate surface area is 75.2 Å². The van der Waals surface area contributed by atoms with Crippen LogP contribution >= 0.6 is 0 Å². The van der Waals surface area contributed by atoms with Crippen LogP contribution in [0, 0.1) is 5.92 Å². The van der Waals surface area contributed by atoms with Gasteiger partial charge in [-0.25, -0.2) is 9.78 Å². The Morgan fingerprint density at radius 2 is 2.17 bits per heavy atom. The zero-order chi connectivity index (χ0) is 8.81. The predicted molar refractivity (Wildman–Crippen MR) is 48.7 cm³/mol. The molecule has 1 fully saturated rings. The molecule has 0 amide bonds. The fourth-order valence-electron chi connectivity index (χ4n) is 1.69. The molecule has 1 aliphatic carbocycles. The van der Waals surface area contributed by atoms with Crippen molar-refractivity contribution < 1.29 is 9.78 Å². The van der Waals surface area contributed by atoms with Gasteiger partial charge >= 0.3 is 0 Å². The number of hydrogen-bond acceptors (Lipinski definition) is 2. The third kappa shape index (κ3) is 3.55. The standard InChI is InChI=1S/C10H20O2/c1-3-7-11-12-10-6-4-5-9(2)8-10/h9-10H,3-8H2,1-2H3. The van der Waals surface area contributed by atoms with Crippen LogP contribution in [0.4, 0.5) is 0 Å². The van der Waals surface area contributed by atoms with E-state index in [1.54, 1.807) is 0 Å². The summed E-state index contributed by atoms with van der Waals surface area (Å²) in [5, 5.41) is 0. The second kappa shape index (κ2) is 5.55. The third-order valence-corrected chi connectivity index (χ3v) is 2.38. The molecule has 0 radical (unpaired) electrons. The Hall–Kier alpha value is -0.0800. The van der Waals surface area contributed by atoms with Crippen LogP contribution in [-0.4, -0.2) is 12.7 Å². The van der Waals surface area contributed by atoms with Crippen molar-refractivity contribution in [3.63, 3.8) is 0 Å². The molecule has 1 rings (SSSR count). The lowest BCUT2D eigenvalue weighted by Crippen LogP contribution is -2.21. The van der Waals surface area contributed by atoms with Crippen molar-refractivity contribution in [2.24, 2.45) is 5.92 Å². The molecule has 12 heavy (non-hydrogen) atoms. The average Bonchev–Trinajstić information content (AvgIpc) is 2.05. The summed E-state index contributed by atoms with van der Waals surface area (Å²) in [7, 11) is 0. The van der Waals surface area contributed by atoms with E-state index in [1.807, 2.05) is 0 Å². The summed E-state index contributed by atoms with van der Waals surface area (Å²) in [5.41, 5.74) is 0. The fraction of sp³-hybridized carbons (Fsp3) is 1.00. The van der Waals surface area contributed by atoms with Gasteiger partial charge in [-0.2, -0.15) is 0 Å². The van der Waals surface area contributed by atoms with E-state index in [0.29, 0.717) is 6.10 Å². The first-order valence-corrected chi connectivity index (χ1v) is 5.11. The Bertz CT molecular complexity index is 114. The van der Waals surface area contributed by atoms with Crippen LogP contribution in [0.25, 0.3) is 0 Å². The van der Waals surface area contributed by atoms with Gasteiger partial charge in [0, 0.05) is 0 Å². The lowest BCUT2D eigenvalue weighted by atomic mass is 9.89. The van der Waals surface area contributed by atoms with Gasteiger partial charge in [-0.1, -0.05) is 26.7 Å². The molecular weight excluding hydrogens is 152 g/mol. The maximum absolute atomic E-state index is 5.29. The minimum absolute atomic E-state index is 0.361. The van der Waals surface area contributed by atoms with E-state index < -0.39 is 0 Å². The molecule has 2 heteroatoms. The van der Waals surface area contributed by atoms with Gasteiger partial charge in [-0.15, -0.1) is 0 Å². The smallest absolute Gasteiger partial charge is 0.0932 e. The lowest BCUT2D eigenvalue weighted by molar-refractivity contribution is -0.330. The SMILES string of the molecule is CCCOOC1CCCC(C)C1. The van der Waals surface area contributed by atoms with Gasteiger partial charge in [0.15, 0.2) is 0 Å². The summed E-state index contributed by atoms with van der Waals surface area (Å²) >= 11 is 0. The molecule has 0 N–H and O–H groups in total. The monoisotopic (exact) mass is 172 g/mol. The fourth-order valence-corrected chi connectivity index (χ4v) is 1.69. The van der Waals surface area contributed by atoms with Gasteiger partial charge < -0.3 is 0 Å². The van der Waals surface area contributed by atoms with Crippen LogP contribution in [0.1, 0.15) is 46.0 Å². The largest absolute Gasteiger partial charge is 0.236 e. The highest BCUT2D eigenvalue weighted by Gasteiger charge is 2.19. The summed E-state index contributed by atoms with van der Waals surface area (Å²) in [6.45, 7) is 5.10. The van der Waals surface area contributed by atoms with Crippen molar-refractivity contribution in [1.82, 2.24) is 0 Å². The van der Waals surface area contributed by atoms with E-state index in [9.17, 15) is 0 Å². The Balaban J connectivity index is 2.06. The molecule has 0 aromatic heterocycles. The Morgan fingerprint density at radius 3 is 2.83 bits per heavy atom. The quantitative estimate of drug-likeness (QED) is 0.369. The second-order valence-corrected chi connectivity index (χ2v) is 3.81. The van der Waals surface area contributed by atoms with Crippen LogP contribution in [-0.2, 0) is 9.78 Å². The van der Waals surface area contributed by atoms with Crippen molar-refractivity contribution in [1.29, 1.82) is 0 Å². The number of hydrogen-bond donors (Lipinski definition) is 0. The highest BCUT2D eigenvalue weighted by molar-refractivity contribution is 4.69. The zero-order valence-electron chi connectivity index (χ0n) is 8.21. The third-order valence-electron chi connectivity index (χ3n) is 2.38. The van der Waals surface area contributed by atoms with Crippen LogP contribution in [0.3, 0.4) is 0 Å². The summed E-state index contributed by atoms with van der Waals surface area (Å²) in [4.78, 5) is 10.4. The molecule has 1 saturated carbocycles. The highest BCUT2D eigenvalue weighted by atomic mass is 17.2. The first-order valence-electron chi connectivity index (χ1n) is 5.11. The van der Waals surface area contributed by atoms with E-state index in [-0.39, 0.29) is 0 Å². The van der Waals surface area contributed by atoms with Gasteiger partial charge in [0.25, 0.3) is 0 Å². The van der Waals surface area contributed by atoms with Crippen molar-refractivity contribution in [2.45, 2.75) is 52.1 Å². The molecule has 2 nitrogen and oxygen atoms in total. The molecule has 0 bridgehead atoms. The van der Waals surface area contributed by atoms with E-state index in [0.717, 1.165) is 18.9 Å². The van der Waals surface area contributed by atoms with E-state index in [1.165, 1.54) is 25.7 Å². The van der Waals surface area contributed by atoms with Crippen molar-refractivity contribution in [3.05, 3.63) is 0 Å². The molecule has 0 saturated heterocycles. The topological polar surface area (TPSA) is 18.5 Å². The summed E-state index contributed by atoms with van der Waals surface area (Å²) in [6.07, 6.45) is 6.38. The molecule has 2 unspecified atom stereocenters. The van der Waals surface area contributed by atoms with Gasteiger partial charge in [0.2, 0.25) is 0 Å². The zero-order valence-corrected chi connectivity index (χ0v) is 8.21. The first-order chi connectivity index (χ1) is 5.83. The van der Waals surface area contributed by atoms with Crippen LogP contribution < -0.4 is 0 Å². The Kier molecular flexibility index (Phi) is 4.62. The lowest BCUT2D eigenvalue weighted by Gasteiger charge is -2.25. The molecule has 0 aromatic carbocycles. The van der Waals surface area contributed by atoms with Crippen molar-refractivity contribution >= 4 is 0 Å². The summed E-state index contributed by atoms with van der Waals surface area (Å²) in [6, 6.07) is 0. The van der Waals surface area contributed by atoms with Gasteiger partial charge in [0.1, 0.15) is 0 Å². The average molecular weight is 172 g/mol. The van der Waals surface area contributed by atoms with Gasteiger partial charge in [0.05, 0.1) is 12.7 Å². The predicted octanol–water partition coefficient (Wildman–Crippen LogP) is 2.92. The normalized spacial score (nSPS) is 30.5. The first kappa shape index (κ1) is 10.0. The molecule has 0 aromatic rings.